The molecule has 0 aliphatic rings. The lowest BCUT2D eigenvalue weighted by Crippen LogP contribution is -1.98. The van der Waals surface area contributed by atoms with Crippen LogP contribution in [0.5, 0.6) is 11.5 Å². The predicted octanol–water partition coefficient (Wildman–Crippen LogP) is 4.82. The highest BCUT2D eigenvalue weighted by molar-refractivity contribution is 5.80. The van der Waals surface area contributed by atoms with Crippen LogP contribution in [0.15, 0.2) is 84.0 Å². The number of nitrogens with zero attached hydrogens (tertiary/aromatic N) is 1. The molecule has 4 nitrogen and oxygen atoms in total. The fourth-order valence-electron chi connectivity index (χ4n) is 2.41. The van der Waals surface area contributed by atoms with Gasteiger partial charge in [0.1, 0.15) is 13.2 Å². The highest BCUT2D eigenvalue weighted by atomic mass is 16.6. The van der Waals surface area contributed by atoms with Crippen LogP contribution >= 0.6 is 0 Å². The maximum absolute atomic E-state index is 5.90. The molecule has 0 amide bonds. The van der Waals surface area contributed by atoms with Crippen molar-refractivity contribution in [3.63, 3.8) is 0 Å². The minimum atomic E-state index is 0.435. The summed E-state index contributed by atoms with van der Waals surface area (Å²) in [5.41, 5.74) is 3.05. The van der Waals surface area contributed by atoms with Crippen LogP contribution in [-0.4, -0.2) is 13.3 Å². The average molecular weight is 347 g/mol. The summed E-state index contributed by atoms with van der Waals surface area (Å²) in [5.74, 6) is 1.35. The van der Waals surface area contributed by atoms with Crippen molar-refractivity contribution in [2.75, 3.05) is 7.11 Å². The average Bonchev–Trinajstić information content (AvgIpc) is 2.71. The number of hydrogen-bond acceptors (Lipinski definition) is 4. The minimum absolute atomic E-state index is 0.435. The molecule has 3 aromatic rings. The van der Waals surface area contributed by atoms with Crippen LogP contribution < -0.4 is 9.47 Å². The highest BCUT2D eigenvalue weighted by Crippen LogP contribution is 2.28. The number of oxime groups is 1. The van der Waals surface area contributed by atoms with Crippen LogP contribution in [-0.2, 0) is 18.1 Å². The summed E-state index contributed by atoms with van der Waals surface area (Å²) in [6.07, 6.45) is 1.66. The number of rotatable bonds is 8. The monoisotopic (exact) mass is 347 g/mol. The quantitative estimate of drug-likeness (QED) is 0.433. The number of benzene rings is 3. The number of hydrogen-bond donors (Lipinski definition) is 0. The standard InChI is InChI=1S/C22H21NO3/c1-24-21-13-12-20(15-23-26-17-19-10-6-3-7-11-19)14-22(21)25-16-18-8-4-2-5-9-18/h2-15H,16-17H2,1H3. The second-order valence-electron chi connectivity index (χ2n) is 5.68. The molecule has 0 bridgehead atoms. The maximum Gasteiger partial charge on any atom is 0.162 e. The third kappa shape index (κ3) is 5.11. The molecule has 0 aliphatic heterocycles. The molecule has 0 saturated carbocycles. The Balaban J connectivity index is 1.61. The first-order chi connectivity index (χ1) is 12.8. The zero-order valence-corrected chi connectivity index (χ0v) is 14.7. The first kappa shape index (κ1) is 17.5. The Morgan fingerprint density at radius 2 is 1.42 bits per heavy atom. The van der Waals surface area contributed by atoms with Crippen LogP contribution in [0.4, 0.5) is 0 Å². The fourth-order valence-corrected chi connectivity index (χ4v) is 2.41. The predicted molar refractivity (Wildman–Crippen MR) is 103 cm³/mol. The molecule has 3 rings (SSSR count). The fraction of sp³-hybridized carbons (Fsp3) is 0.136. The Morgan fingerprint density at radius 1 is 0.769 bits per heavy atom. The van der Waals surface area contributed by atoms with Crippen molar-refractivity contribution in [3.8, 4) is 11.5 Å². The zero-order valence-electron chi connectivity index (χ0n) is 14.7. The van der Waals surface area contributed by atoms with Gasteiger partial charge in [0.25, 0.3) is 0 Å². The van der Waals surface area contributed by atoms with Crippen LogP contribution in [0, 0.1) is 0 Å². The Hall–Kier alpha value is -3.27. The molecule has 0 atom stereocenters. The van der Waals surface area contributed by atoms with Crippen LogP contribution in [0.2, 0.25) is 0 Å². The van der Waals surface area contributed by atoms with Crippen LogP contribution in [0.1, 0.15) is 16.7 Å². The van der Waals surface area contributed by atoms with Gasteiger partial charge in [-0.15, -0.1) is 0 Å². The molecule has 0 fully saturated rings. The van der Waals surface area contributed by atoms with Crippen LogP contribution in [0.25, 0.3) is 0 Å². The molecule has 0 saturated heterocycles. The summed E-state index contributed by atoms with van der Waals surface area (Å²) in [7, 11) is 1.63. The van der Waals surface area contributed by atoms with E-state index in [0.717, 1.165) is 16.7 Å². The summed E-state index contributed by atoms with van der Waals surface area (Å²) in [4.78, 5) is 5.35. The summed E-state index contributed by atoms with van der Waals surface area (Å²) in [5, 5.41) is 4.03. The summed E-state index contributed by atoms with van der Waals surface area (Å²) >= 11 is 0. The second kappa shape index (κ2) is 9.28. The smallest absolute Gasteiger partial charge is 0.162 e. The lowest BCUT2D eigenvalue weighted by atomic mass is 10.2. The molecule has 0 aliphatic carbocycles. The molecular formula is C22H21NO3. The van der Waals surface area contributed by atoms with Crippen molar-refractivity contribution >= 4 is 6.21 Å². The molecule has 0 spiro atoms. The Morgan fingerprint density at radius 3 is 2.08 bits per heavy atom. The van der Waals surface area contributed by atoms with Gasteiger partial charge in [-0.2, -0.15) is 0 Å². The topological polar surface area (TPSA) is 40.0 Å². The van der Waals surface area contributed by atoms with Crippen molar-refractivity contribution < 1.29 is 14.3 Å². The number of methoxy groups -OCH3 is 1. The Labute approximate surface area is 153 Å². The molecule has 0 radical (unpaired) electrons. The first-order valence-electron chi connectivity index (χ1n) is 8.39. The van der Waals surface area contributed by atoms with Crippen molar-refractivity contribution in [3.05, 3.63) is 95.6 Å². The summed E-state index contributed by atoms with van der Waals surface area (Å²) in [6.45, 7) is 0.910. The second-order valence-corrected chi connectivity index (χ2v) is 5.68. The van der Waals surface area contributed by atoms with E-state index in [1.165, 1.54) is 0 Å². The summed E-state index contributed by atoms with van der Waals surface area (Å²) in [6, 6.07) is 25.6. The van der Waals surface area contributed by atoms with Gasteiger partial charge in [-0.3, -0.25) is 0 Å². The molecule has 0 N–H and O–H groups in total. The maximum atomic E-state index is 5.90. The van der Waals surface area contributed by atoms with Gasteiger partial charge in [-0.05, 0) is 29.3 Å². The van der Waals surface area contributed by atoms with Crippen molar-refractivity contribution in [1.82, 2.24) is 0 Å². The molecule has 132 valence electrons. The third-order valence-electron chi connectivity index (χ3n) is 3.78. The molecule has 0 heterocycles. The number of ether oxygens (including phenoxy) is 2. The summed E-state index contributed by atoms with van der Waals surface area (Å²) < 4.78 is 11.3. The van der Waals surface area contributed by atoms with Crippen molar-refractivity contribution in [2.45, 2.75) is 13.2 Å². The van der Waals surface area contributed by atoms with Gasteiger partial charge >= 0.3 is 0 Å². The first-order valence-corrected chi connectivity index (χ1v) is 8.39. The molecule has 0 unspecified atom stereocenters. The normalized spacial score (nSPS) is 10.7. The van der Waals surface area contributed by atoms with E-state index in [-0.39, 0.29) is 0 Å². The lowest BCUT2D eigenvalue weighted by molar-refractivity contribution is 0.132. The van der Waals surface area contributed by atoms with E-state index in [2.05, 4.69) is 5.16 Å². The Kier molecular flexibility index (Phi) is 6.26. The van der Waals surface area contributed by atoms with Gasteiger partial charge in [0.05, 0.1) is 13.3 Å². The SMILES string of the molecule is COc1ccc(C=NOCc2ccccc2)cc1OCc1ccccc1. The van der Waals surface area contributed by atoms with E-state index in [0.29, 0.717) is 24.7 Å². The van der Waals surface area contributed by atoms with Gasteiger partial charge in [-0.1, -0.05) is 65.8 Å². The third-order valence-corrected chi connectivity index (χ3v) is 3.78. The largest absolute Gasteiger partial charge is 0.493 e. The minimum Gasteiger partial charge on any atom is -0.493 e. The van der Waals surface area contributed by atoms with Gasteiger partial charge in [0, 0.05) is 5.56 Å². The molecular weight excluding hydrogens is 326 g/mol. The van der Waals surface area contributed by atoms with E-state index in [1.54, 1.807) is 13.3 Å². The van der Waals surface area contributed by atoms with Gasteiger partial charge in [0.15, 0.2) is 11.5 Å². The van der Waals surface area contributed by atoms with E-state index in [1.807, 2.05) is 78.9 Å². The highest BCUT2D eigenvalue weighted by Gasteiger charge is 2.05. The molecule has 0 aromatic heterocycles. The molecule has 26 heavy (non-hydrogen) atoms. The molecule has 4 heteroatoms. The lowest BCUT2D eigenvalue weighted by Gasteiger charge is -2.11. The van der Waals surface area contributed by atoms with Gasteiger partial charge < -0.3 is 14.3 Å². The van der Waals surface area contributed by atoms with E-state index < -0.39 is 0 Å². The van der Waals surface area contributed by atoms with E-state index >= 15 is 0 Å². The zero-order chi connectivity index (χ0) is 18.0. The van der Waals surface area contributed by atoms with E-state index in [4.69, 9.17) is 14.3 Å². The van der Waals surface area contributed by atoms with Crippen molar-refractivity contribution in [1.29, 1.82) is 0 Å². The van der Waals surface area contributed by atoms with Gasteiger partial charge in [-0.25, -0.2) is 0 Å². The van der Waals surface area contributed by atoms with E-state index in [9.17, 15) is 0 Å². The van der Waals surface area contributed by atoms with Crippen molar-refractivity contribution in [2.24, 2.45) is 5.16 Å². The Bertz CT molecular complexity index is 833. The molecule has 3 aromatic carbocycles. The van der Waals surface area contributed by atoms with Crippen LogP contribution in [0.3, 0.4) is 0 Å². The van der Waals surface area contributed by atoms with Gasteiger partial charge in [0.2, 0.25) is 0 Å².